The number of hydrogen-bond donors (Lipinski definition) is 1. The van der Waals surface area contributed by atoms with E-state index in [1.807, 2.05) is 29.2 Å². The maximum Gasteiger partial charge on any atom is 0.222 e. The van der Waals surface area contributed by atoms with Gasteiger partial charge in [-0.15, -0.1) is 0 Å². The lowest BCUT2D eigenvalue weighted by Crippen LogP contribution is -2.34. The highest BCUT2D eigenvalue weighted by molar-refractivity contribution is 6.30. The monoisotopic (exact) mass is 376 g/mol. The first-order valence-electron chi connectivity index (χ1n) is 9.69. The van der Waals surface area contributed by atoms with Crippen LogP contribution >= 0.6 is 11.6 Å². The number of aliphatic hydroxyl groups is 1. The lowest BCUT2D eigenvalue weighted by atomic mass is 10.0. The molecule has 1 aromatic rings. The van der Waals surface area contributed by atoms with E-state index in [0.717, 1.165) is 50.6 Å². The fraction of sp³-hybridized carbons (Fsp3) is 0.619. The van der Waals surface area contributed by atoms with Crippen molar-refractivity contribution in [3.63, 3.8) is 0 Å². The van der Waals surface area contributed by atoms with Crippen LogP contribution in [-0.2, 0) is 11.2 Å². The molecule has 1 fully saturated rings. The van der Waals surface area contributed by atoms with Crippen LogP contribution in [0.25, 0.3) is 0 Å². The van der Waals surface area contributed by atoms with Crippen LogP contribution in [0, 0.1) is 11.3 Å². The Hall–Kier alpha value is -1.57. The van der Waals surface area contributed by atoms with Gasteiger partial charge in [0, 0.05) is 30.5 Å². The third-order valence-corrected chi connectivity index (χ3v) is 5.32. The second-order valence-corrected chi connectivity index (χ2v) is 7.60. The Bertz CT molecular complexity index is 614. The Morgan fingerprint density at radius 2 is 2.12 bits per heavy atom. The summed E-state index contributed by atoms with van der Waals surface area (Å²) in [5, 5.41) is 19.6. The zero-order valence-corrected chi connectivity index (χ0v) is 16.1. The molecule has 0 bridgehead atoms. The number of unbranched alkanes of at least 4 members (excludes halogenated alkanes) is 4. The number of likely N-dealkylation sites (tertiary alicyclic amines) is 1. The number of aliphatic hydroxyl groups excluding tert-OH is 1. The van der Waals surface area contributed by atoms with Crippen LogP contribution in [0.2, 0.25) is 5.02 Å². The van der Waals surface area contributed by atoms with Crippen molar-refractivity contribution >= 4 is 17.5 Å². The smallest absolute Gasteiger partial charge is 0.222 e. The Labute approximate surface area is 161 Å². The first-order chi connectivity index (χ1) is 12.6. The third-order valence-electron chi connectivity index (χ3n) is 5.08. The van der Waals surface area contributed by atoms with Gasteiger partial charge in [-0.2, -0.15) is 5.26 Å². The van der Waals surface area contributed by atoms with E-state index in [1.54, 1.807) is 0 Å². The number of hydrogen-bond acceptors (Lipinski definition) is 3. The average Bonchev–Trinajstić information content (AvgIpc) is 2.96. The van der Waals surface area contributed by atoms with Gasteiger partial charge in [-0.3, -0.25) is 4.79 Å². The normalized spacial score (nSPS) is 18.1. The number of carbonyl (C=O) groups excluding carboxylic acids is 1. The molecule has 2 rings (SSSR count). The molecule has 0 aliphatic carbocycles. The molecule has 1 heterocycles. The molecule has 1 saturated heterocycles. The van der Waals surface area contributed by atoms with Gasteiger partial charge in [0.15, 0.2) is 0 Å². The van der Waals surface area contributed by atoms with Crippen LogP contribution in [0.3, 0.4) is 0 Å². The molecule has 1 aliphatic rings. The van der Waals surface area contributed by atoms with Gasteiger partial charge in [-0.25, -0.2) is 0 Å². The predicted molar refractivity (Wildman–Crippen MR) is 104 cm³/mol. The van der Waals surface area contributed by atoms with E-state index in [4.69, 9.17) is 16.9 Å². The number of nitriles is 1. The topological polar surface area (TPSA) is 64.3 Å². The quantitative estimate of drug-likeness (QED) is 0.579. The predicted octanol–water partition coefficient (Wildman–Crippen LogP) is 4.49. The third kappa shape index (κ3) is 6.97. The fourth-order valence-electron chi connectivity index (χ4n) is 3.66. The molecule has 26 heavy (non-hydrogen) atoms. The number of amides is 1. The van der Waals surface area contributed by atoms with Crippen molar-refractivity contribution in [3.05, 3.63) is 34.9 Å². The molecule has 0 saturated carbocycles. The molecule has 4 nitrogen and oxygen atoms in total. The van der Waals surface area contributed by atoms with E-state index < -0.39 is 6.10 Å². The molecule has 1 aromatic carbocycles. The van der Waals surface area contributed by atoms with Gasteiger partial charge >= 0.3 is 0 Å². The zero-order valence-electron chi connectivity index (χ0n) is 15.4. The molecular formula is C21H29ClN2O2. The second-order valence-electron chi connectivity index (χ2n) is 7.17. The first-order valence-corrected chi connectivity index (χ1v) is 10.1. The minimum Gasteiger partial charge on any atom is -0.393 e. The van der Waals surface area contributed by atoms with E-state index >= 15 is 0 Å². The summed E-state index contributed by atoms with van der Waals surface area (Å²) in [6, 6.07) is 10.0. The highest BCUT2D eigenvalue weighted by atomic mass is 35.5. The molecule has 0 radical (unpaired) electrons. The molecule has 1 aliphatic heterocycles. The second kappa shape index (κ2) is 11.2. The number of benzene rings is 1. The van der Waals surface area contributed by atoms with Crippen LogP contribution in [0.5, 0.6) is 0 Å². The van der Waals surface area contributed by atoms with Crippen LogP contribution in [-0.4, -0.2) is 34.6 Å². The van der Waals surface area contributed by atoms with Gasteiger partial charge in [-0.05, 0) is 56.2 Å². The van der Waals surface area contributed by atoms with E-state index in [-0.39, 0.29) is 11.9 Å². The SMILES string of the molecule is N#CCCCCCCN1C(=O)CC[C@@H]1CC[C@@H](O)Cc1cccc(Cl)c1. The minimum atomic E-state index is -0.406. The van der Waals surface area contributed by atoms with E-state index in [9.17, 15) is 9.90 Å². The highest BCUT2D eigenvalue weighted by Crippen LogP contribution is 2.24. The Morgan fingerprint density at radius 1 is 1.31 bits per heavy atom. The molecule has 1 amide bonds. The maximum absolute atomic E-state index is 12.1. The van der Waals surface area contributed by atoms with E-state index in [1.165, 1.54) is 0 Å². The molecule has 142 valence electrons. The number of nitrogens with zero attached hydrogens (tertiary/aromatic N) is 2. The summed E-state index contributed by atoms with van der Waals surface area (Å²) in [4.78, 5) is 14.1. The molecule has 0 aromatic heterocycles. The lowest BCUT2D eigenvalue weighted by molar-refractivity contribution is -0.129. The van der Waals surface area contributed by atoms with Gasteiger partial charge < -0.3 is 10.0 Å². The Kier molecular flexibility index (Phi) is 8.94. The summed E-state index contributed by atoms with van der Waals surface area (Å²) in [7, 11) is 0. The number of carbonyl (C=O) groups is 1. The molecule has 1 N–H and O–H groups in total. The summed E-state index contributed by atoms with van der Waals surface area (Å²) < 4.78 is 0. The number of rotatable bonds is 11. The van der Waals surface area contributed by atoms with Crippen molar-refractivity contribution < 1.29 is 9.90 Å². The van der Waals surface area contributed by atoms with Crippen molar-refractivity contribution in [3.8, 4) is 6.07 Å². The van der Waals surface area contributed by atoms with E-state index in [0.29, 0.717) is 30.7 Å². The Morgan fingerprint density at radius 3 is 2.88 bits per heavy atom. The molecule has 0 spiro atoms. The molecule has 2 atom stereocenters. The summed E-state index contributed by atoms with van der Waals surface area (Å²) in [5.74, 6) is 0.247. The lowest BCUT2D eigenvalue weighted by Gasteiger charge is -2.25. The summed E-state index contributed by atoms with van der Waals surface area (Å²) >= 11 is 5.99. The van der Waals surface area contributed by atoms with Gasteiger partial charge in [0.2, 0.25) is 5.91 Å². The first kappa shape index (κ1) is 20.7. The van der Waals surface area contributed by atoms with Crippen LogP contribution in [0.4, 0.5) is 0 Å². The van der Waals surface area contributed by atoms with Gasteiger partial charge in [0.05, 0.1) is 12.2 Å². The zero-order chi connectivity index (χ0) is 18.8. The molecule has 0 unspecified atom stereocenters. The van der Waals surface area contributed by atoms with Crippen LogP contribution in [0.15, 0.2) is 24.3 Å². The summed E-state index contributed by atoms with van der Waals surface area (Å²) in [6.07, 6.45) is 7.95. The van der Waals surface area contributed by atoms with Gasteiger partial charge in [0.1, 0.15) is 0 Å². The Balaban J connectivity index is 1.71. The number of halogens is 1. The summed E-state index contributed by atoms with van der Waals surface area (Å²) in [6.45, 7) is 0.806. The van der Waals surface area contributed by atoms with Crippen molar-refractivity contribution in [1.29, 1.82) is 5.26 Å². The fourth-order valence-corrected chi connectivity index (χ4v) is 3.88. The van der Waals surface area contributed by atoms with Crippen molar-refractivity contribution in [2.75, 3.05) is 6.54 Å². The highest BCUT2D eigenvalue weighted by Gasteiger charge is 2.30. The average molecular weight is 377 g/mol. The summed E-state index contributed by atoms with van der Waals surface area (Å²) in [5.41, 5.74) is 1.04. The van der Waals surface area contributed by atoms with Gasteiger partial charge in [-0.1, -0.05) is 36.6 Å². The maximum atomic E-state index is 12.1. The van der Waals surface area contributed by atoms with Crippen molar-refractivity contribution in [2.24, 2.45) is 0 Å². The van der Waals surface area contributed by atoms with E-state index in [2.05, 4.69) is 6.07 Å². The standard InChI is InChI=1S/C21H29ClN2O2/c22-18-8-6-7-17(15-18)16-20(25)11-9-19-10-12-21(26)24(19)14-5-3-1-2-4-13-23/h6-8,15,19-20,25H,1-5,9-12,14,16H2/t19-,20+/m0/s1. The molecule has 5 heteroatoms. The molecular weight excluding hydrogens is 348 g/mol. The van der Waals surface area contributed by atoms with Crippen LogP contribution < -0.4 is 0 Å². The van der Waals surface area contributed by atoms with Gasteiger partial charge in [0.25, 0.3) is 0 Å². The van der Waals surface area contributed by atoms with Crippen LogP contribution in [0.1, 0.15) is 63.4 Å². The largest absolute Gasteiger partial charge is 0.393 e. The van der Waals surface area contributed by atoms with Crippen molar-refractivity contribution in [1.82, 2.24) is 4.90 Å². The minimum absolute atomic E-state index is 0.247. The van der Waals surface area contributed by atoms with Crippen molar-refractivity contribution in [2.45, 2.75) is 76.4 Å².